The third-order valence-electron chi connectivity index (χ3n) is 6.63. The maximum atomic E-state index is 12.9. The van der Waals surface area contributed by atoms with E-state index in [1.165, 1.54) is 19.3 Å². The van der Waals surface area contributed by atoms with Gasteiger partial charge >= 0.3 is 0 Å². The van der Waals surface area contributed by atoms with Gasteiger partial charge in [0, 0.05) is 57.8 Å². The van der Waals surface area contributed by atoms with Gasteiger partial charge in [0.05, 0.1) is 7.11 Å². The van der Waals surface area contributed by atoms with E-state index < -0.39 is 0 Å². The van der Waals surface area contributed by atoms with E-state index in [1.54, 1.807) is 11.6 Å². The van der Waals surface area contributed by atoms with Crippen LogP contribution in [0.2, 0.25) is 0 Å². The van der Waals surface area contributed by atoms with Gasteiger partial charge in [-0.15, -0.1) is 15.3 Å². The average molecular weight is 450 g/mol. The summed E-state index contributed by atoms with van der Waals surface area (Å²) >= 11 is 0. The van der Waals surface area contributed by atoms with Crippen molar-refractivity contribution in [2.45, 2.75) is 32.1 Å². The van der Waals surface area contributed by atoms with Gasteiger partial charge in [0.25, 0.3) is 0 Å². The lowest BCUT2D eigenvalue weighted by atomic mass is 10.1. The Labute approximate surface area is 193 Å². The van der Waals surface area contributed by atoms with Crippen molar-refractivity contribution in [2.75, 3.05) is 56.2 Å². The fourth-order valence-corrected chi connectivity index (χ4v) is 4.66. The molecule has 0 aliphatic carbocycles. The zero-order chi connectivity index (χ0) is 22.6. The van der Waals surface area contributed by atoms with Crippen LogP contribution in [0, 0.1) is 0 Å². The molecule has 2 saturated heterocycles. The SMILES string of the molecule is COc1ccc(N2CCN(C(=O)CCc3nnc4ccc(N5CCCCC5)nn34)CC2)cc1. The quantitative estimate of drug-likeness (QED) is 0.572. The number of piperidine rings is 1. The smallest absolute Gasteiger partial charge is 0.223 e. The highest BCUT2D eigenvalue weighted by molar-refractivity contribution is 5.76. The lowest BCUT2D eigenvalue weighted by Crippen LogP contribution is -2.48. The number of carbonyl (C=O) groups is 1. The zero-order valence-electron chi connectivity index (χ0n) is 19.2. The molecule has 0 radical (unpaired) electrons. The molecular weight excluding hydrogens is 418 g/mol. The topological polar surface area (TPSA) is 79.1 Å². The van der Waals surface area contributed by atoms with E-state index in [0.717, 1.165) is 68.0 Å². The molecule has 5 rings (SSSR count). The van der Waals surface area contributed by atoms with Gasteiger partial charge in [-0.25, -0.2) is 0 Å². The first kappa shape index (κ1) is 21.5. The summed E-state index contributed by atoms with van der Waals surface area (Å²) in [5.41, 5.74) is 1.89. The molecule has 1 aromatic carbocycles. The number of carbonyl (C=O) groups excluding carboxylic acids is 1. The maximum Gasteiger partial charge on any atom is 0.223 e. The van der Waals surface area contributed by atoms with Crippen molar-refractivity contribution < 1.29 is 9.53 Å². The third kappa shape index (κ3) is 4.72. The van der Waals surface area contributed by atoms with Crippen LogP contribution in [0.3, 0.4) is 0 Å². The van der Waals surface area contributed by atoms with Crippen LogP contribution in [-0.2, 0) is 11.2 Å². The van der Waals surface area contributed by atoms with Gasteiger partial charge in [-0.3, -0.25) is 4.79 Å². The van der Waals surface area contributed by atoms with Gasteiger partial charge in [-0.2, -0.15) is 4.52 Å². The molecule has 33 heavy (non-hydrogen) atoms. The molecule has 9 heteroatoms. The first-order valence-corrected chi connectivity index (χ1v) is 11.8. The molecule has 4 heterocycles. The molecule has 2 aliphatic heterocycles. The number of aryl methyl sites for hydroxylation is 1. The molecule has 2 aliphatic rings. The molecule has 2 aromatic heterocycles. The number of amides is 1. The second kappa shape index (κ2) is 9.64. The summed E-state index contributed by atoms with van der Waals surface area (Å²) in [5, 5.41) is 13.3. The highest BCUT2D eigenvalue weighted by atomic mass is 16.5. The summed E-state index contributed by atoms with van der Waals surface area (Å²) in [6.07, 6.45) is 4.64. The number of piperazine rings is 1. The number of ether oxygens (including phenoxy) is 1. The number of hydrogen-bond acceptors (Lipinski definition) is 7. The predicted octanol–water partition coefficient (Wildman–Crippen LogP) is 2.40. The number of fused-ring (bicyclic) bond motifs is 1. The van der Waals surface area contributed by atoms with Crippen molar-refractivity contribution in [1.82, 2.24) is 24.7 Å². The molecule has 2 fully saturated rings. The Morgan fingerprint density at radius 1 is 0.879 bits per heavy atom. The van der Waals surface area contributed by atoms with Gasteiger partial charge < -0.3 is 19.4 Å². The molecule has 0 atom stereocenters. The van der Waals surface area contributed by atoms with Crippen LogP contribution in [0.25, 0.3) is 5.65 Å². The van der Waals surface area contributed by atoms with E-state index in [1.807, 2.05) is 29.2 Å². The average Bonchev–Trinajstić information content (AvgIpc) is 3.30. The number of rotatable bonds is 6. The van der Waals surface area contributed by atoms with Crippen LogP contribution in [0.4, 0.5) is 11.5 Å². The molecule has 9 nitrogen and oxygen atoms in total. The summed E-state index contributed by atoms with van der Waals surface area (Å²) in [4.78, 5) is 19.5. The largest absolute Gasteiger partial charge is 0.497 e. The van der Waals surface area contributed by atoms with E-state index >= 15 is 0 Å². The number of anilines is 2. The molecule has 1 amide bonds. The highest BCUT2D eigenvalue weighted by Crippen LogP contribution is 2.21. The van der Waals surface area contributed by atoms with E-state index in [0.29, 0.717) is 12.8 Å². The summed E-state index contributed by atoms with van der Waals surface area (Å²) in [5.74, 6) is 2.72. The maximum absolute atomic E-state index is 12.9. The minimum absolute atomic E-state index is 0.160. The fraction of sp³-hybridized carbons (Fsp3) is 0.500. The summed E-state index contributed by atoms with van der Waals surface area (Å²) in [6, 6.07) is 12.1. The minimum Gasteiger partial charge on any atom is -0.497 e. The third-order valence-corrected chi connectivity index (χ3v) is 6.63. The first-order chi connectivity index (χ1) is 16.2. The first-order valence-electron chi connectivity index (χ1n) is 11.8. The second-order valence-corrected chi connectivity index (χ2v) is 8.69. The Kier molecular flexibility index (Phi) is 6.28. The predicted molar refractivity (Wildman–Crippen MR) is 127 cm³/mol. The Balaban J connectivity index is 1.17. The second-order valence-electron chi connectivity index (χ2n) is 8.69. The van der Waals surface area contributed by atoms with Crippen LogP contribution >= 0.6 is 0 Å². The number of benzene rings is 1. The highest BCUT2D eigenvalue weighted by Gasteiger charge is 2.22. The van der Waals surface area contributed by atoms with Gasteiger partial charge in [-0.05, 0) is 55.7 Å². The monoisotopic (exact) mass is 449 g/mol. The normalized spacial score (nSPS) is 16.9. The molecule has 0 spiro atoms. The number of hydrogen-bond donors (Lipinski definition) is 0. The van der Waals surface area contributed by atoms with E-state index in [-0.39, 0.29) is 5.91 Å². The van der Waals surface area contributed by atoms with Gasteiger partial charge in [-0.1, -0.05) is 0 Å². The van der Waals surface area contributed by atoms with E-state index in [4.69, 9.17) is 9.84 Å². The van der Waals surface area contributed by atoms with Crippen LogP contribution in [-0.4, -0.2) is 77.0 Å². The zero-order valence-corrected chi connectivity index (χ0v) is 19.2. The number of nitrogens with zero attached hydrogens (tertiary/aromatic N) is 7. The number of methoxy groups -OCH3 is 1. The molecule has 0 saturated carbocycles. The van der Waals surface area contributed by atoms with E-state index in [2.05, 4.69) is 32.1 Å². The number of aromatic nitrogens is 4. The Morgan fingerprint density at radius 2 is 1.64 bits per heavy atom. The van der Waals surface area contributed by atoms with Gasteiger partial charge in [0.1, 0.15) is 11.6 Å². The van der Waals surface area contributed by atoms with Gasteiger partial charge in [0.2, 0.25) is 5.91 Å². The Bertz CT molecular complexity index is 1080. The lowest BCUT2D eigenvalue weighted by molar-refractivity contribution is -0.131. The molecule has 0 N–H and O–H groups in total. The van der Waals surface area contributed by atoms with Crippen molar-refractivity contribution in [3.8, 4) is 5.75 Å². The van der Waals surface area contributed by atoms with Crippen LogP contribution in [0.5, 0.6) is 5.75 Å². The summed E-state index contributed by atoms with van der Waals surface area (Å²) in [7, 11) is 1.67. The standard InChI is InChI=1S/C24H31N7O2/c1-33-20-7-5-19(6-8-20)28-15-17-30(18-16-28)24(32)12-11-22-26-25-21-9-10-23(27-31(21)22)29-13-3-2-4-14-29/h5-10H,2-4,11-18H2,1H3. The Hall–Kier alpha value is -3.36. The van der Waals surface area contributed by atoms with Crippen molar-refractivity contribution in [1.29, 1.82) is 0 Å². The molecular formula is C24H31N7O2. The minimum atomic E-state index is 0.160. The molecule has 3 aromatic rings. The summed E-state index contributed by atoms with van der Waals surface area (Å²) < 4.78 is 7.04. The Morgan fingerprint density at radius 3 is 2.36 bits per heavy atom. The lowest BCUT2D eigenvalue weighted by Gasteiger charge is -2.36. The van der Waals surface area contributed by atoms with Crippen molar-refractivity contribution >= 4 is 23.1 Å². The van der Waals surface area contributed by atoms with Crippen LogP contribution < -0.4 is 14.5 Å². The van der Waals surface area contributed by atoms with Crippen LogP contribution in [0.1, 0.15) is 31.5 Å². The molecule has 0 bridgehead atoms. The van der Waals surface area contributed by atoms with Crippen LogP contribution in [0.15, 0.2) is 36.4 Å². The fourth-order valence-electron chi connectivity index (χ4n) is 4.66. The van der Waals surface area contributed by atoms with E-state index in [9.17, 15) is 4.79 Å². The summed E-state index contributed by atoms with van der Waals surface area (Å²) in [6.45, 7) is 5.18. The van der Waals surface area contributed by atoms with Crippen molar-refractivity contribution in [3.05, 3.63) is 42.2 Å². The van der Waals surface area contributed by atoms with Crippen molar-refractivity contribution in [3.63, 3.8) is 0 Å². The van der Waals surface area contributed by atoms with Gasteiger partial charge in [0.15, 0.2) is 11.5 Å². The molecule has 174 valence electrons. The van der Waals surface area contributed by atoms with Crippen molar-refractivity contribution in [2.24, 2.45) is 0 Å². The molecule has 0 unspecified atom stereocenters.